The molecule has 7 nitrogen and oxygen atoms in total. The Morgan fingerprint density at radius 3 is 2.50 bits per heavy atom. The van der Waals surface area contributed by atoms with Crippen LogP contribution in [-0.2, 0) is 0 Å². The third-order valence-corrected chi connectivity index (χ3v) is 5.29. The van der Waals surface area contributed by atoms with Crippen LogP contribution in [0.2, 0.25) is 0 Å². The van der Waals surface area contributed by atoms with Crippen LogP contribution in [0.5, 0.6) is 11.5 Å². The van der Waals surface area contributed by atoms with E-state index in [9.17, 15) is 5.11 Å². The number of thioether (sulfide) groups is 1. The Balaban J connectivity index is 1.55. The Bertz CT molecular complexity index is 899. The molecular formula is C20H24N4O3S. The van der Waals surface area contributed by atoms with Crippen molar-refractivity contribution in [2.75, 3.05) is 19.0 Å². The van der Waals surface area contributed by atoms with Crippen LogP contribution in [0.3, 0.4) is 0 Å². The van der Waals surface area contributed by atoms with Gasteiger partial charge in [-0.3, -0.25) is 0 Å². The molecule has 0 saturated carbocycles. The van der Waals surface area contributed by atoms with E-state index in [-0.39, 0.29) is 6.61 Å². The van der Waals surface area contributed by atoms with Crippen LogP contribution < -0.4 is 9.47 Å². The number of ether oxygens (including phenoxy) is 2. The molecule has 2 aromatic carbocycles. The fourth-order valence-corrected chi connectivity index (χ4v) is 3.38. The summed E-state index contributed by atoms with van der Waals surface area (Å²) in [6.45, 7) is 6.84. The van der Waals surface area contributed by atoms with Gasteiger partial charge in [0.25, 0.3) is 0 Å². The SMILES string of the molecule is CCOc1ccc(OC[C@@H](O)CSc2nnnn2-c2cccc(C)c2C)cc1. The number of nitrogens with zero attached hydrogens (tertiary/aromatic N) is 4. The van der Waals surface area contributed by atoms with E-state index in [1.54, 1.807) is 4.68 Å². The predicted molar refractivity (Wildman–Crippen MR) is 108 cm³/mol. The fraction of sp³-hybridized carbons (Fsp3) is 0.350. The average Bonchev–Trinajstić information content (AvgIpc) is 3.16. The van der Waals surface area contributed by atoms with E-state index in [0.717, 1.165) is 17.0 Å². The molecule has 0 aliphatic carbocycles. The van der Waals surface area contributed by atoms with Crippen molar-refractivity contribution in [2.24, 2.45) is 0 Å². The number of rotatable bonds is 9. The maximum Gasteiger partial charge on any atom is 0.214 e. The number of aliphatic hydroxyl groups is 1. The lowest BCUT2D eigenvalue weighted by atomic mass is 10.1. The summed E-state index contributed by atoms with van der Waals surface area (Å²) in [7, 11) is 0. The zero-order chi connectivity index (χ0) is 19.9. The van der Waals surface area contributed by atoms with E-state index in [1.165, 1.54) is 17.3 Å². The van der Waals surface area contributed by atoms with Crippen molar-refractivity contribution in [3.63, 3.8) is 0 Å². The molecule has 1 heterocycles. The predicted octanol–water partition coefficient (Wildman–Crippen LogP) is 3.21. The molecule has 3 rings (SSSR count). The van der Waals surface area contributed by atoms with Gasteiger partial charge in [0.05, 0.1) is 18.4 Å². The zero-order valence-electron chi connectivity index (χ0n) is 16.2. The van der Waals surface area contributed by atoms with Crippen LogP contribution in [0, 0.1) is 13.8 Å². The number of benzene rings is 2. The van der Waals surface area contributed by atoms with Crippen molar-refractivity contribution >= 4 is 11.8 Å². The summed E-state index contributed by atoms with van der Waals surface area (Å²) in [4.78, 5) is 0. The zero-order valence-corrected chi connectivity index (χ0v) is 17.0. The number of tetrazole rings is 1. The van der Waals surface area contributed by atoms with E-state index in [1.807, 2.05) is 50.2 Å². The summed E-state index contributed by atoms with van der Waals surface area (Å²) < 4.78 is 12.7. The van der Waals surface area contributed by atoms with Gasteiger partial charge in [-0.05, 0) is 72.7 Å². The third-order valence-electron chi connectivity index (χ3n) is 4.23. The second-order valence-corrected chi connectivity index (χ2v) is 7.26. The Hall–Kier alpha value is -2.58. The Morgan fingerprint density at radius 2 is 1.79 bits per heavy atom. The van der Waals surface area contributed by atoms with E-state index in [2.05, 4.69) is 28.5 Å². The number of aryl methyl sites for hydroxylation is 1. The molecule has 0 spiro atoms. The first-order valence-electron chi connectivity index (χ1n) is 9.10. The molecule has 148 valence electrons. The van der Waals surface area contributed by atoms with Crippen LogP contribution in [0.1, 0.15) is 18.1 Å². The van der Waals surface area contributed by atoms with Crippen molar-refractivity contribution in [1.82, 2.24) is 20.2 Å². The van der Waals surface area contributed by atoms with E-state index in [4.69, 9.17) is 9.47 Å². The molecule has 28 heavy (non-hydrogen) atoms. The molecule has 0 saturated heterocycles. The molecule has 3 aromatic rings. The highest BCUT2D eigenvalue weighted by Crippen LogP contribution is 2.23. The van der Waals surface area contributed by atoms with Gasteiger partial charge in [0, 0.05) is 5.75 Å². The van der Waals surface area contributed by atoms with Gasteiger partial charge in [-0.2, -0.15) is 4.68 Å². The summed E-state index contributed by atoms with van der Waals surface area (Å²) >= 11 is 1.39. The lowest BCUT2D eigenvalue weighted by Gasteiger charge is -2.13. The minimum atomic E-state index is -0.652. The summed E-state index contributed by atoms with van der Waals surface area (Å²) in [5.41, 5.74) is 3.23. The minimum Gasteiger partial charge on any atom is -0.494 e. The molecule has 0 fully saturated rings. The molecular weight excluding hydrogens is 376 g/mol. The first-order valence-corrected chi connectivity index (χ1v) is 10.1. The molecule has 0 aliphatic heterocycles. The third kappa shape index (κ3) is 5.02. The summed E-state index contributed by atoms with van der Waals surface area (Å²) in [6, 6.07) is 13.4. The smallest absolute Gasteiger partial charge is 0.214 e. The average molecular weight is 401 g/mol. The van der Waals surface area contributed by atoms with Crippen LogP contribution in [0.25, 0.3) is 5.69 Å². The first-order chi connectivity index (χ1) is 13.6. The largest absolute Gasteiger partial charge is 0.494 e. The molecule has 1 N–H and O–H groups in total. The topological polar surface area (TPSA) is 82.3 Å². The standard InChI is InChI=1S/C20H24N4O3S/c1-4-26-17-8-10-18(11-9-17)27-12-16(25)13-28-20-21-22-23-24(20)19-7-5-6-14(2)15(19)3/h5-11,16,25H,4,12-13H2,1-3H3/t16-/m1/s1. The molecule has 1 atom stereocenters. The maximum atomic E-state index is 10.3. The number of aliphatic hydroxyl groups excluding tert-OH is 1. The number of hydrogen-bond donors (Lipinski definition) is 1. The van der Waals surface area contributed by atoms with Gasteiger partial charge in [-0.25, -0.2) is 0 Å². The van der Waals surface area contributed by atoms with Crippen molar-refractivity contribution in [2.45, 2.75) is 32.0 Å². The van der Waals surface area contributed by atoms with Crippen LogP contribution in [0.15, 0.2) is 47.6 Å². The highest BCUT2D eigenvalue weighted by molar-refractivity contribution is 7.99. The van der Waals surface area contributed by atoms with Gasteiger partial charge in [0.15, 0.2) is 0 Å². The fourth-order valence-electron chi connectivity index (χ4n) is 2.60. The molecule has 1 aromatic heterocycles. The summed E-state index contributed by atoms with van der Waals surface area (Å²) in [5, 5.41) is 22.8. The second-order valence-electron chi connectivity index (χ2n) is 6.27. The first kappa shape index (κ1) is 20.2. The normalized spacial score (nSPS) is 12.0. The van der Waals surface area contributed by atoms with Gasteiger partial charge in [0.2, 0.25) is 5.16 Å². The van der Waals surface area contributed by atoms with Crippen molar-refractivity contribution in [3.05, 3.63) is 53.6 Å². The summed E-state index contributed by atoms with van der Waals surface area (Å²) in [5.74, 6) is 1.90. The lowest BCUT2D eigenvalue weighted by Crippen LogP contribution is -2.20. The van der Waals surface area contributed by atoms with Gasteiger partial charge >= 0.3 is 0 Å². The van der Waals surface area contributed by atoms with Gasteiger partial charge in [0.1, 0.15) is 18.1 Å². The van der Waals surface area contributed by atoms with Crippen LogP contribution >= 0.6 is 11.8 Å². The second kappa shape index (κ2) is 9.57. The molecule has 8 heteroatoms. The highest BCUT2D eigenvalue weighted by Gasteiger charge is 2.14. The number of aromatic nitrogens is 4. The highest BCUT2D eigenvalue weighted by atomic mass is 32.2. The quantitative estimate of drug-likeness (QED) is 0.552. The maximum absolute atomic E-state index is 10.3. The Morgan fingerprint density at radius 1 is 1.07 bits per heavy atom. The lowest BCUT2D eigenvalue weighted by molar-refractivity contribution is 0.126. The molecule has 0 radical (unpaired) electrons. The van der Waals surface area contributed by atoms with Gasteiger partial charge in [-0.15, -0.1) is 5.10 Å². The van der Waals surface area contributed by atoms with Crippen LogP contribution in [-0.4, -0.2) is 50.4 Å². The van der Waals surface area contributed by atoms with Crippen molar-refractivity contribution in [1.29, 1.82) is 0 Å². The van der Waals surface area contributed by atoms with E-state index in [0.29, 0.717) is 23.3 Å². The van der Waals surface area contributed by atoms with Gasteiger partial charge < -0.3 is 14.6 Å². The van der Waals surface area contributed by atoms with Crippen molar-refractivity contribution in [3.8, 4) is 17.2 Å². The van der Waals surface area contributed by atoms with Crippen molar-refractivity contribution < 1.29 is 14.6 Å². The van der Waals surface area contributed by atoms with E-state index < -0.39 is 6.10 Å². The van der Waals surface area contributed by atoms with E-state index >= 15 is 0 Å². The molecule has 0 bridgehead atoms. The molecule has 0 unspecified atom stereocenters. The molecule has 0 aliphatic rings. The minimum absolute atomic E-state index is 0.187. The van der Waals surface area contributed by atoms with Crippen LogP contribution in [0.4, 0.5) is 0 Å². The molecule has 0 amide bonds. The Labute approximate surface area is 168 Å². The van der Waals surface area contributed by atoms with Gasteiger partial charge in [-0.1, -0.05) is 23.9 Å². The summed E-state index contributed by atoms with van der Waals surface area (Å²) in [6.07, 6.45) is -0.652. The Kier molecular flexibility index (Phi) is 6.89. The monoisotopic (exact) mass is 400 g/mol. The number of hydrogen-bond acceptors (Lipinski definition) is 7.